The second kappa shape index (κ2) is 6.31. The second-order valence-electron chi connectivity index (χ2n) is 3.49. The van der Waals surface area contributed by atoms with Gasteiger partial charge >= 0.3 is 5.97 Å². The molecule has 1 N–H and O–H groups in total. The minimum absolute atomic E-state index is 0.281. The minimum atomic E-state index is -0.451. The lowest BCUT2D eigenvalue weighted by Crippen LogP contribution is -2.10. The maximum atomic E-state index is 11.7. The van der Waals surface area contributed by atoms with Gasteiger partial charge in [-0.2, -0.15) is 0 Å². The highest BCUT2D eigenvalue weighted by molar-refractivity contribution is 7.12. The Kier molecular flexibility index (Phi) is 4.48. The summed E-state index contributed by atoms with van der Waals surface area (Å²) in [4.78, 5) is 24.6. The summed E-state index contributed by atoms with van der Waals surface area (Å²) < 4.78 is 4.64. The topological polar surface area (TPSA) is 55.4 Å². The van der Waals surface area contributed by atoms with Crippen molar-refractivity contribution in [2.45, 2.75) is 0 Å². The summed E-state index contributed by atoms with van der Waals surface area (Å²) in [7, 11) is 1.31. The van der Waals surface area contributed by atoms with E-state index in [0.29, 0.717) is 10.6 Å². The Labute approximate surface area is 118 Å². The first kappa shape index (κ1) is 13.5. The summed E-state index contributed by atoms with van der Waals surface area (Å²) >= 11 is 2.77. The molecule has 0 aliphatic heterocycles. The molecule has 0 bridgehead atoms. The van der Waals surface area contributed by atoms with Gasteiger partial charge < -0.3 is 10.1 Å². The summed E-state index contributed by atoms with van der Waals surface area (Å²) in [6.07, 6.45) is 3.16. The molecular formula is C13H11NO3S2. The van der Waals surface area contributed by atoms with Crippen LogP contribution in [0.25, 0.3) is 6.08 Å². The van der Waals surface area contributed by atoms with Crippen LogP contribution >= 0.6 is 22.7 Å². The number of amides is 1. The van der Waals surface area contributed by atoms with E-state index in [-0.39, 0.29) is 5.91 Å². The van der Waals surface area contributed by atoms with Crippen molar-refractivity contribution in [1.29, 1.82) is 0 Å². The molecule has 0 aliphatic carbocycles. The largest absolute Gasteiger partial charge is 0.465 e. The molecule has 2 heterocycles. The normalized spacial score (nSPS) is 10.6. The van der Waals surface area contributed by atoms with E-state index in [4.69, 9.17) is 0 Å². The van der Waals surface area contributed by atoms with Crippen LogP contribution in [0.1, 0.15) is 14.5 Å². The number of carbonyl (C=O) groups excluding carboxylic acids is 2. The van der Waals surface area contributed by atoms with E-state index in [1.54, 1.807) is 28.9 Å². The van der Waals surface area contributed by atoms with Crippen LogP contribution in [0, 0.1) is 0 Å². The summed E-state index contributed by atoms with van der Waals surface area (Å²) in [5, 5.41) is 6.32. The Balaban J connectivity index is 2.03. The van der Waals surface area contributed by atoms with E-state index in [1.807, 2.05) is 17.5 Å². The Hall–Kier alpha value is -1.92. The number of hydrogen-bond donors (Lipinski definition) is 1. The quantitative estimate of drug-likeness (QED) is 0.695. The predicted octanol–water partition coefficient (Wildman–Crippen LogP) is 3.25. The van der Waals surface area contributed by atoms with Crippen molar-refractivity contribution in [3.05, 3.63) is 44.8 Å². The van der Waals surface area contributed by atoms with E-state index >= 15 is 0 Å². The van der Waals surface area contributed by atoms with E-state index in [2.05, 4.69) is 10.1 Å². The van der Waals surface area contributed by atoms with Crippen LogP contribution in [0.3, 0.4) is 0 Å². The van der Waals surface area contributed by atoms with Gasteiger partial charge in [0.2, 0.25) is 5.91 Å². The molecule has 0 radical (unpaired) electrons. The Bertz CT molecular complexity index is 599. The summed E-state index contributed by atoms with van der Waals surface area (Å²) in [6.45, 7) is 0. The number of hydrogen-bond acceptors (Lipinski definition) is 5. The standard InChI is InChI=1S/C13H11NO3S2/c1-17-13(16)12-10(6-8-19-12)14-11(15)5-4-9-3-2-7-18-9/h2-8H,1H3,(H,14,15)/b5-4+. The second-order valence-corrected chi connectivity index (χ2v) is 5.39. The molecule has 4 nitrogen and oxygen atoms in total. The van der Waals surface area contributed by atoms with E-state index in [9.17, 15) is 9.59 Å². The van der Waals surface area contributed by atoms with Gasteiger partial charge in [-0.1, -0.05) is 6.07 Å². The Morgan fingerprint density at radius 3 is 2.79 bits per heavy atom. The van der Waals surface area contributed by atoms with Gasteiger partial charge in [-0.25, -0.2) is 4.79 Å². The first-order valence-electron chi connectivity index (χ1n) is 5.39. The maximum Gasteiger partial charge on any atom is 0.350 e. The number of methoxy groups -OCH3 is 1. The van der Waals surface area contributed by atoms with E-state index in [0.717, 1.165) is 4.88 Å². The van der Waals surface area contributed by atoms with Crippen molar-refractivity contribution >= 4 is 46.3 Å². The smallest absolute Gasteiger partial charge is 0.350 e. The molecule has 6 heteroatoms. The third-order valence-corrected chi connectivity index (χ3v) is 3.97. The highest BCUT2D eigenvalue weighted by atomic mass is 32.1. The average Bonchev–Trinajstić information content (AvgIpc) is 3.06. The highest BCUT2D eigenvalue weighted by Gasteiger charge is 2.14. The monoisotopic (exact) mass is 293 g/mol. The number of thiophene rings is 2. The fourth-order valence-electron chi connectivity index (χ4n) is 1.38. The molecule has 0 fully saturated rings. The number of carbonyl (C=O) groups is 2. The number of rotatable bonds is 4. The molecule has 2 rings (SSSR count). The molecule has 2 aromatic heterocycles. The number of esters is 1. The Morgan fingerprint density at radius 1 is 1.26 bits per heavy atom. The summed E-state index contributed by atoms with van der Waals surface area (Å²) in [5.41, 5.74) is 0.470. The highest BCUT2D eigenvalue weighted by Crippen LogP contribution is 2.23. The molecule has 0 atom stereocenters. The molecule has 1 amide bonds. The molecule has 2 aromatic rings. The third kappa shape index (κ3) is 3.52. The molecule has 0 aromatic carbocycles. The van der Waals surface area contributed by atoms with Crippen molar-refractivity contribution in [3.8, 4) is 0 Å². The zero-order valence-electron chi connectivity index (χ0n) is 10.1. The zero-order chi connectivity index (χ0) is 13.7. The first-order valence-corrected chi connectivity index (χ1v) is 7.15. The van der Waals surface area contributed by atoms with Crippen LogP contribution in [0.4, 0.5) is 5.69 Å². The van der Waals surface area contributed by atoms with E-state index < -0.39 is 5.97 Å². The van der Waals surface area contributed by atoms with Gasteiger partial charge in [0.1, 0.15) is 4.88 Å². The van der Waals surface area contributed by atoms with Gasteiger partial charge in [-0.3, -0.25) is 4.79 Å². The Morgan fingerprint density at radius 2 is 2.11 bits per heavy atom. The van der Waals surface area contributed by atoms with Crippen LogP contribution in [0.5, 0.6) is 0 Å². The molecule has 0 spiro atoms. The molecule has 0 saturated carbocycles. The molecule has 98 valence electrons. The zero-order valence-corrected chi connectivity index (χ0v) is 11.7. The van der Waals surface area contributed by atoms with Gasteiger partial charge in [-0.05, 0) is 29.0 Å². The fraction of sp³-hybridized carbons (Fsp3) is 0.0769. The van der Waals surface area contributed by atoms with Crippen LogP contribution in [-0.2, 0) is 9.53 Å². The molecular weight excluding hydrogens is 282 g/mol. The number of nitrogens with one attached hydrogen (secondary N) is 1. The van der Waals surface area contributed by atoms with Crippen molar-refractivity contribution in [1.82, 2.24) is 0 Å². The van der Waals surface area contributed by atoms with Crippen molar-refractivity contribution < 1.29 is 14.3 Å². The van der Waals surface area contributed by atoms with Crippen LogP contribution in [0.15, 0.2) is 35.0 Å². The van der Waals surface area contributed by atoms with Gasteiger partial charge in [0, 0.05) is 11.0 Å². The molecule has 19 heavy (non-hydrogen) atoms. The van der Waals surface area contributed by atoms with Gasteiger partial charge in [0.05, 0.1) is 12.8 Å². The maximum absolute atomic E-state index is 11.7. The summed E-state index contributed by atoms with van der Waals surface area (Å²) in [6, 6.07) is 5.50. The first-order chi connectivity index (χ1) is 9.20. The van der Waals surface area contributed by atoms with Gasteiger partial charge in [0.25, 0.3) is 0 Å². The SMILES string of the molecule is COC(=O)c1sccc1NC(=O)/C=C/c1cccs1. The number of anilines is 1. The van der Waals surface area contributed by atoms with Crippen molar-refractivity contribution in [3.63, 3.8) is 0 Å². The molecule has 0 saturated heterocycles. The lowest BCUT2D eigenvalue weighted by atomic mass is 10.3. The van der Waals surface area contributed by atoms with Gasteiger partial charge in [0.15, 0.2) is 0 Å². The van der Waals surface area contributed by atoms with Crippen molar-refractivity contribution in [2.24, 2.45) is 0 Å². The minimum Gasteiger partial charge on any atom is -0.465 e. The number of ether oxygens (including phenoxy) is 1. The predicted molar refractivity (Wildman–Crippen MR) is 77.6 cm³/mol. The average molecular weight is 293 g/mol. The lowest BCUT2D eigenvalue weighted by Gasteiger charge is -2.02. The van der Waals surface area contributed by atoms with Crippen molar-refractivity contribution in [2.75, 3.05) is 12.4 Å². The van der Waals surface area contributed by atoms with Gasteiger partial charge in [-0.15, -0.1) is 22.7 Å². The van der Waals surface area contributed by atoms with Crippen LogP contribution in [-0.4, -0.2) is 19.0 Å². The van der Waals surface area contributed by atoms with E-state index in [1.165, 1.54) is 24.5 Å². The molecule has 0 unspecified atom stereocenters. The lowest BCUT2D eigenvalue weighted by molar-refractivity contribution is -0.111. The summed E-state index contributed by atoms with van der Waals surface area (Å²) in [5.74, 6) is -0.732. The third-order valence-electron chi connectivity index (χ3n) is 2.24. The fourth-order valence-corrected chi connectivity index (χ4v) is 2.76. The van der Waals surface area contributed by atoms with Crippen LogP contribution < -0.4 is 5.32 Å². The molecule has 0 aliphatic rings. The van der Waals surface area contributed by atoms with Crippen LogP contribution in [0.2, 0.25) is 0 Å².